The lowest BCUT2D eigenvalue weighted by molar-refractivity contribution is -0.151. The van der Waals surface area contributed by atoms with Crippen LogP contribution in [0.2, 0.25) is 0 Å². The molecular weight excluding hydrogens is 400 g/mol. The second kappa shape index (κ2) is 6.74. The number of carboxylic acid groups (broad SMARTS) is 1. The van der Waals surface area contributed by atoms with E-state index in [0.29, 0.717) is 7.11 Å². The standard InChI is InChI=1S/C12H9F6NO6S/c1-3-26(23,24)6-4(9(20)21)7(11(13,14)15)19-8(12(16,17)18)5(6)10(22)25-2/h3H2,1-2H3,(H,20,21). The van der Waals surface area contributed by atoms with Crippen molar-refractivity contribution < 1.29 is 54.2 Å². The van der Waals surface area contributed by atoms with Crippen LogP contribution in [0.1, 0.15) is 39.0 Å². The number of hydrogen-bond donors (Lipinski definition) is 1. The molecule has 0 bridgehead atoms. The Bertz CT molecular complexity index is 858. The van der Waals surface area contributed by atoms with E-state index in [-0.39, 0.29) is 0 Å². The number of carbonyl (C=O) groups is 2. The third-order valence-electron chi connectivity index (χ3n) is 2.98. The Morgan fingerprint density at radius 3 is 1.77 bits per heavy atom. The molecule has 0 amide bonds. The number of aromatic nitrogens is 1. The number of aromatic carboxylic acids is 1. The van der Waals surface area contributed by atoms with Gasteiger partial charge >= 0.3 is 24.3 Å². The lowest BCUT2D eigenvalue weighted by Crippen LogP contribution is -2.29. The summed E-state index contributed by atoms with van der Waals surface area (Å²) in [4.78, 5) is 23.2. The number of methoxy groups -OCH3 is 1. The number of hydrogen-bond acceptors (Lipinski definition) is 6. The smallest absolute Gasteiger partial charge is 0.434 e. The Kier molecular flexibility index (Phi) is 5.61. The summed E-state index contributed by atoms with van der Waals surface area (Å²) in [5, 5.41) is 9.00. The minimum atomic E-state index is -5.75. The Morgan fingerprint density at radius 1 is 1.04 bits per heavy atom. The summed E-state index contributed by atoms with van der Waals surface area (Å²) >= 11 is 0. The Labute approximate surface area is 141 Å². The van der Waals surface area contributed by atoms with Gasteiger partial charge in [0.15, 0.2) is 21.2 Å². The summed E-state index contributed by atoms with van der Waals surface area (Å²) in [6, 6.07) is 0. The van der Waals surface area contributed by atoms with Crippen LogP contribution in [0, 0.1) is 0 Å². The van der Waals surface area contributed by atoms with Crippen molar-refractivity contribution in [2.75, 3.05) is 12.9 Å². The monoisotopic (exact) mass is 409 g/mol. The van der Waals surface area contributed by atoms with Gasteiger partial charge in [-0.1, -0.05) is 6.92 Å². The number of ether oxygens (including phenoxy) is 1. The molecule has 1 aromatic heterocycles. The van der Waals surface area contributed by atoms with E-state index < -0.39 is 67.3 Å². The number of alkyl halides is 6. The molecule has 0 unspecified atom stereocenters. The summed E-state index contributed by atoms with van der Waals surface area (Å²) in [6.45, 7) is 0.836. The van der Waals surface area contributed by atoms with E-state index in [0.717, 1.165) is 6.92 Å². The van der Waals surface area contributed by atoms with Gasteiger partial charge in [-0.3, -0.25) is 0 Å². The molecule has 146 valence electrons. The molecule has 0 fully saturated rings. The number of halogens is 6. The quantitative estimate of drug-likeness (QED) is 0.601. The van der Waals surface area contributed by atoms with Crippen LogP contribution in [0.15, 0.2) is 4.90 Å². The maximum absolute atomic E-state index is 13.1. The fourth-order valence-electron chi connectivity index (χ4n) is 1.92. The number of nitrogens with zero attached hydrogens (tertiary/aromatic N) is 1. The van der Waals surface area contributed by atoms with Crippen LogP contribution in [-0.4, -0.2) is 43.3 Å². The topological polar surface area (TPSA) is 111 Å². The average Bonchev–Trinajstić information content (AvgIpc) is 2.49. The fraction of sp³-hybridized carbons (Fsp3) is 0.417. The molecule has 0 spiro atoms. The van der Waals surface area contributed by atoms with Crippen LogP contribution in [-0.2, 0) is 26.9 Å². The van der Waals surface area contributed by atoms with Crippen molar-refractivity contribution in [3.8, 4) is 0 Å². The lowest BCUT2D eigenvalue weighted by atomic mass is 10.1. The first-order valence-electron chi connectivity index (χ1n) is 6.36. The maximum atomic E-state index is 13.1. The average molecular weight is 409 g/mol. The van der Waals surface area contributed by atoms with E-state index in [9.17, 15) is 44.3 Å². The van der Waals surface area contributed by atoms with Crippen LogP contribution in [0.5, 0.6) is 0 Å². The predicted octanol–water partition coefficient (Wildman–Crippen LogP) is 2.40. The van der Waals surface area contributed by atoms with Crippen LogP contribution >= 0.6 is 0 Å². The third kappa shape index (κ3) is 3.89. The molecule has 7 nitrogen and oxygen atoms in total. The zero-order chi connectivity index (χ0) is 20.7. The summed E-state index contributed by atoms with van der Waals surface area (Å²) in [5.74, 6) is -5.63. The first-order valence-corrected chi connectivity index (χ1v) is 8.01. The number of esters is 1. The van der Waals surface area contributed by atoms with Gasteiger partial charge in [0.2, 0.25) is 0 Å². The Hall–Kier alpha value is -2.38. The largest absolute Gasteiger partial charge is 0.478 e. The van der Waals surface area contributed by atoms with Gasteiger partial charge in [-0.15, -0.1) is 0 Å². The van der Waals surface area contributed by atoms with Crippen molar-refractivity contribution in [3.05, 3.63) is 22.5 Å². The molecule has 0 saturated heterocycles. The van der Waals surface area contributed by atoms with Crippen molar-refractivity contribution in [1.82, 2.24) is 4.98 Å². The van der Waals surface area contributed by atoms with Gasteiger partial charge in [-0.2, -0.15) is 26.3 Å². The molecule has 0 saturated carbocycles. The van der Waals surface area contributed by atoms with Crippen LogP contribution in [0.4, 0.5) is 26.3 Å². The molecule has 26 heavy (non-hydrogen) atoms. The van der Waals surface area contributed by atoms with Gasteiger partial charge in [0, 0.05) is 0 Å². The van der Waals surface area contributed by atoms with Gasteiger partial charge in [-0.25, -0.2) is 23.0 Å². The minimum Gasteiger partial charge on any atom is -0.478 e. The van der Waals surface area contributed by atoms with Gasteiger partial charge in [0.25, 0.3) is 0 Å². The van der Waals surface area contributed by atoms with E-state index in [1.54, 1.807) is 0 Å². The Balaban J connectivity index is 4.41. The molecule has 0 aliphatic rings. The highest BCUT2D eigenvalue weighted by atomic mass is 32.2. The summed E-state index contributed by atoms with van der Waals surface area (Å²) in [5.41, 5.74) is -9.13. The Morgan fingerprint density at radius 2 is 1.46 bits per heavy atom. The second-order valence-corrected chi connectivity index (χ2v) is 6.80. The van der Waals surface area contributed by atoms with Crippen LogP contribution < -0.4 is 0 Å². The van der Waals surface area contributed by atoms with Gasteiger partial charge in [0.1, 0.15) is 16.0 Å². The van der Waals surface area contributed by atoms with Crippen molar-refractivity contribution in [1.29, 1.82) is 0 Å². The predicted molar refractivity (Wildman–Crippen MR) is 70.3 cm³/mol. The highest BCUT2D eigenvalue weighted by Gasteiger charge is 2.49. The summed E-state index contributed by atoms with van der Waals surface area (Å²) in [6.07, 6.45) is -11.5. The normalized spacial score (nSPS) is 12.8. The maximum Gasteiger partial charge on any atom is 0.434 e. The van der Waals surface area contributed by atoms with Gasteiger partial charge in [-0.05, 0) is 0 Å². The number of carboxylic acids is 1. The zero-order valence-electron chi connectivity index (χ0n) is 12.8. The van der Waals surface area contributed by atoms with Crippen LogP contribution in [0.3, 0.4) is 0 Å². The first kappa shape index (κ1) is 21.7. The van der Waals surface area contributed by atoms with Gasteiger partial charge < -0.3 is 9.84 Å². The molecule has 1 rings (SSSR count). The third-order valence-corrected chi connectivity index (χ3v) is 4.77. The van der Waals surface area contributed by atoms with Crippen molar-refractivity contribution in [3.63, 3.8) is 0 Å². The van der Waals surface area contributed by atoms with E-state index in [1.807, 2.05) is 0 Å². The fourth-order valence-corrected chi connectivity index (χ4v) is 3.19. The van der Waals surface area contributed by atoms with E-state index in [2.05, 4.69) is 9.72 Å². The molecule has 0 aliphatic heterocycles. The minimum absolute atomic E-state index is 0.531. The van der Waals surface area contributed by atoms with Crippen LogP contribution in [0.25, 0.3) is 0 Å². The zero-order valence-corrected chi connectivity index (χ0v) is 13.6. The van der Waals surface area contributed by atoms with Crippen molar-refractivity contribution in [2.45, 2.75) is 24.2 Å². The molecule has 14 heteroatoms. The highest BCUT2D eigenvalue weighted by Crippen LogP contribution is 2.41. The molecule has 0 atom stereocenters. The second-order valence-electron chi connectivity index (χ2n) is 4.58. The lowest BCUT2D eigenvalue weighted by Gasteiger charge is -2.20. The molecule has 1 N–H and O–H groups in total. The van der Waals surface area contributed by atoms with Crippen molar-refractivity contribution >= 4 is 21.8 Å². The molecule has 1 heterocycles. The molecule has 0 radical (unpaired) electrons. The number of carbonyl (C=O) groups excluding carboxylic acids is 1. The SMILES string of the molecule is CCS(=O)(=O)c1c(C(=O)O)c(C(F)(F)F)nc(C(F)(F)F)c1C(=O)OC. The number of rotatable bonds is 4. The number of pyridine rings is 1. The van der Waals surface area contributed by atoms with Gasteiger partial charge in [0.05, 0.1) is 12.9 Å². The molecule has 0 aromatic carbocycles. The highest BCUT2D eigenvalue weighted by molar-refractivity contribution is 7.91. The summed E-state index contributed by atoms with van der Waals surface area (Å²) in [7, 11) is -4.52. The molecule has 1 aromatic rings. The molecule has 0 aliphatic carbocycles. The summed E-state index contributed by atoms with van der Waals surface area (Å²) < 4.78 is 107. The first-order chi connectivity index (χ1) is 11.6. The number of sulfone groups is 1. The molecular formula is C12H9F6NO6S. The van der Waals surface area contributed by atoms with E-state index >= 15 is 0 Å². The van der Waals surface area contributed by atoms with Crippen molar-refractivity contribution in [2.24, 2.45) is 0 Å². The van der Waals surface area contributed by atoms with E-state index in [1.165, 1.54) is 0 Å². The van der Waals surface area contributed by atoms with E-state index in [4.69, 9.17) is 5.11 Å².